The van der Waals surface area contributed by atoms with Crippen molar-refractivity contribution in [3.63, 3.8) is 0 Å². The molecule has 0 atom stereocenters. The van der Waals surface area contributed by atoms with Gasteiger partial charge in [-0.2, -0.15) is 5.10 Å². The minimum Gasteiger partial charge on any atom is -0.379 e. The second kappa shape index (κ2) is 12.0. The Morgan fingerprint density at radius 2 is 1.63 bits per heavy atom. The molecule has 1 aliphatic rings. The largest absolute Gasteiger partial charge is 0.379 e. The number of carbonyl (C=O) groups excluding carboxylic acids is 1. The molecule has 43 heavy (non-hydrogen) atoms. The fraction of sp³-hybridized carbons (Fsp3) is 0.286. The molecule has 2 N–H and O–H groups in total. The molecule has 0 unspecified atom stereocenters. The van der Waals surface area contributed by atoms with Gasteiger partial charge in [-0.1, -0.05) is 69.3 Å². The molecule has 2 amide bonds. The first kappa shape index (κ1) is 28.6. The number of carbonyl (C=O) groups is 1. The zero-order valence-corrected chi connectivity index (χ0v) is 25.2. The Morgan fingerprint density at radius 1 is 0.884 bits per heavy atom. The zero-order valence-electron chi connectivity index (χ0n) is 25.2. The number of benzene rings is 3. The molecule has 5 aromatic rings. The Kier molecular flexibility index (Phi) is 7.97. The Morgan fingerprint density at radius 3 is 2.37 bits per heavy atom. The van der Waals surface area contributed by atoms with E-state index in [1.54, 1.807) is 4.68 Å². The molecule has 0 aliphatic carbocycles. The third kappa shape index (κ3) is 6.45. The Bertz CT molecular complexity index is 1760. The highest BCUT2D eigenvalue weighted by molar-refractivity contribution is 6.10. The third-order valence-corrected chi connectivity index (χ3v) is 7.89. The molecule has 3 heterocycles. The van der Waals surface area contributed by atoms with Gasteiger partial charge in [0.25, 0.3) is 0 Å². The first-order valence-corrected chi connectivity index (χ1v) is 14.7. The molecule has 0 saturated carbocycles. The molecular weight excluding hydrogens is 536 g/mol. The number of urea groups is 1. The number of aryl methyl sites for hydroxylation is 1. The number of hydrogen-bond acceptors (Lipinski definition) is 5. The molecular formula is C35H38N6O2. The van der Waals surface area contributed by atoms with Crippen molar-refractivity contribution < 1.29 is 9.53 Å². The van der Waals surface area contributed by atoms with Gasteiger partial charge in [-0.3, -0.25) is 14.6 Å². The zero-order chi connectivity index (χ0) is 30.0. The van der Waals surface area contributed by atoms with Crippen LogP contribution in [0.15, 0.2) is 85.2 Å². The van der Waals surface area contributed by atoms with Crippen LogP contribution in [-0.4, -0.2) is 52.0 Å². The average molecular weight is 575 g/mol. The summed E-state index contributed by atoms with van der Waals surface area (Å²) >= 11 is 0. The number of nitrogens with one attached hydrogen (secondary N) is 2. The molecule has 3 aromatic carbocycles. The van der Waals surface area contributed by atoms with Gasteiger partial charge >= 0.3 is 6.03 Å². The van der Waals surface area contributed by atoms with Crippen LogP contribution in [0.4, 0.5) is 16.2 Å². The summed E-state index contributed by atoms with van der Waals surface area (Å²) in [6, 6.07) is 24.2. The molecule has 1 saturated heterocycles. The molecule has 1 aliphatic heterocycles. The van der Waals surface area contributed by atoms with E-state index in [0.29, 0.717) is 0 Å². The maximum absolute atomic E-state index is 13.5. The number of morpholine rings is 1. The van der Waals surface area contributed by atoms with Crippen molar-refractivity contribution in [2.75, 3.05) is 36.9 Å². The van der Waals surface area contributed by atoms with Gasteiger partial charge in [0.1, 0.15) is 0 Å². The fourth-order valence-corrected chi connectivity index (χ4v) is 5.54. The lowest BCUT2D eigenvalue weighted by atomic mass is 9.85. The van der Waals surface area contributed by atoms with Crippen LogP contribution in [0.3, 0.4) is 0 Å². The molecule has 8 heteroatoms. The number of aromatic nitrogens is 3. The van der Waals surface area contributed by atoms with Crippen molar-refractivity contribution in [2.45, 2.75) is 32.7 Å². The van der Waals surface area contributed by atoms with Gasteiger partial charge in [-0.05, 0) is 40.6 Å². The highest BCUT2D eigenvalue weighted by Gasteiger charge is 2.19. The van der Waals surface area contributed by atoms with E-state index in [-0.39, 0.29) is 11.4 Å². The molecule has 1 fully saturated rings. The van der Waals surface area contributed by atoms with Crippen molar-refractivity contribution in [3.8, 4) is 22.4 Å². The van der Waals surface area contributed by atoms with E-state index < -0.39 is 0 Å². The number of fused-ring (bicyclic) bond motifs is 1. The summed E-state index contributed by atoms with van der Waals surface area (Å²) in [6.45, 7) is 10.7. The maximum Gasteiger partial charge on any atom is 0.323 e. The van der Waals surface area contributed by atoms with Crippen molar-refractivity contribution in [2.24, 2.45) is 7.05 Å². The first-order valence-electron chi connectivity index (χ1n) is 14.7. The van der Waals surface area contributed by atoms with E-state index in [4.69, 9.17) is 9.72 Å². The summed E-state index contributed by atoms with van der Waals surface area (Å²) in [6.07, 6.45) is 3.76. The van der Waals surface area contributed by atoms with Gasteiger partial charge in [-0.25, -0.2) is 4.79 Å². The summed E-state index contributed by atoms with van der Waals surface area (Å²) in [5.41, 5.74) is 7.37. The first-order chi connectivity index (χ1) is 20.7. The lowest BCUT2D eigenvalue weighted by Gasteiger charge is -2.26. The molecule has 2 aromatic heterocycles. The monoisotopic (exact) mass is 574 g/mol. The molecule has 0 radical (unpaired) electrons. The summed E-state index contributed by atoms with van der Waals surface area (Å²) < 4.78 is 7.26. The highest BCUT2D eigenvalue weighted by atomic mass is 16.5. The van der Waals surface area contributed by atoms with E-state index in [2.05, 4.69) is 77.8 Å². The second-order valence-corrected chi connectivity index (χ2v) is 12.1. The minimum atomic E-state index is -0.306. The van der Waals surface area contributed by atoms with Crippen LogP contribution < -0.4 is 10.6 Å². The molecule has 220 valence electrons. The summed E-state index contributed by atoms with van der Waals surface area (Å²) in [4.78, 5) is 20.9. The normalized spacial score (nSPS) is 14.1. The van der Waals surface area contributed by atoms with E-state index in [1.165, 1.54) is 0 Å². The van der Waals surface area contributed by atoms with E-state index in [9.17, 15) is 4.79 Å². The van der Waals surface area contributed by atoms with Gasteiger partial charge in [0.05, 0.1) is 42.2 Å². The minimum absolute atomic E-state index is 0.0695. The van der Waals surface area contributed by atoms with Gasteiger partial charge in [0, 0.05) is 55.0 Å². The third-order valence-electron chi connectivity index (χ3n) is 7.89. The molecule has 8 nitrogen and oxygen atoms in total. The Labute approximate surface area is 252 Å². The van der Waals surface area contributed by atoms with Crippen LogP contribution in [0.2, 0.25) is 0 Å². The van der Waals surface area contributed by atoms with Crippen LogP contribution >= 0.6 is 0 Å². The number of rotatable bonds is 6. The van der Waals surface area contributed by atoms with Crippen LogP contribution in [-0.2, 0) is 23.7 Å². The van der Waals surface area contributed by atoms with Crippen molar-refractivity contribution in [3.05, 3.63) is 96.4 Å². The van der Waals surface area contributed by atoms with Crippen molar-refractivity contribution >= 4 is 28.2 Å². The molecule has 0 spiro atoms. The van der Waals surface area contributed by atoms with Gasteiger partial charge in [0.2, 0.25) is 0 Å². The lowest BCUT2D eigenvalue weighted by Crippen LogP contribution is -2.35. The van der Waals surface area contributed by atoms with Crippen molar-refractivity contribution in [1.82, 2.24) is 19.7 Å². The topological polar surface area (TPSA) is 84.3 Å². The second-order valence-electron chi connectivity index (χ2n) is 12.1. The predicted molar refractivity (Wildman–Crippen MR) is 173 cm³/mol. The van der Waals surface area contributed by atoms with Crippen LogP contribution in [0.1, 0.15) is 32.0 Å². The van der Waals surface area contributed by atoms with E-state index in [0.717, 1.165) is 88.6 Å². The standard InChI is InChI=1S/C35H38N6O2/c1-35(2,3)25-12-13-27(24-21-36-40(4)22-24)33(20-25)39-34(42)38-32-15-14-30(28-9-5-6-10-29(28)32)31-11-7-8-26(37-31)23-41-16-18-43-19-17-41/h5-15,20-22H,16-19,23H2,1-4H3,(H2,38,39,42). The van der Waals surface area contributed by atoms with Gasteiger partial charge in [0.15, 0.2) is 0 Å². The van der Waals surface area contributed by atoms with Crippen LogP contribution in [0.25, 0.3) is 33.2 Å². The van der Waals surface area contributed by atoms with Gasteiger partial charge in [-0.15, -0.1) is 0 Å². The lowest BCUT2D eigenvalue weighted by molar-refractivity contribution is 0.0336. The predicted octanol–water partition coefficient (Wildman–Crippen LogP) is 7.08. The van der Waals surface area contributed by atoms with Gasteiger partial charge < -0.3 is 15.4 Å². The Balaban J connectivity index is 1.28. The van der Waals surface area contributed by atoms with E-state index in [1.807, 2.05) is 55.8 Å². The van der Waals surface area contributed by atoms with E-state index >= 15 is 0 Å². The fourth-order valence-electron chi connectivity index (χ4n) is 5.54. The summed E-state index contributed by atoms with van der Waals surface area (Å²) in [5, 5.41) is 12.5. The molecule has 0 bridgehead atoms. The summed E-state index contributed by atoms with van der Waals surface area (Å²) in [7, 11) is 1.89. The number of pyridine rings is 1. The maximum atomic E-state index is 13.5. The molecule has 6 rings (SSSR count). The highest BCUT2D eigenvalue weighted by Crippen LogP contribution is 2.35. The SMILES string of the molecule is Cn1cc(-c2ccc(C(C)(C)C)cc2NC(=O)Nc2ccc(-c3cccc(CN4CCOCC4)n3)c3ccccc23)cn1. The number of ether oxygens (including phenoxy) is 1. The average Bonchev–Trinajstić information content (AvgIpc) is 3.43. The number of nitrogens with zero attached hydrogens (tertiary/aromatic N) is 4. The Hall–Kier alpha value is -4.53. The summed E-state index contributed by atoms with van der Waals surface area (Å²) in [5.74, 6) is 0. The quantitative estimate of drug-likeness (QED) is 0.227. The van der Waals surface area contributed by atoms with Crippen LogP contribution in [0.5, 0.6) is 0 Å². The van der Waals surface area contributed by atoms with Crippen LogP contribution in [0, 0.1) is 0 Å². The smallest absolute Gasteiger partial charge is 0.323 e. The van der Waals surface area contributed by atoms with Crippen molar-refractivity contribution in [1.29, 1.82) is 0 Å². The number of hydrogen-bond donors (Lipinski definition) is 2. The number of anilines is 2. The number of amides is 2.